The van der Waals surface area contributed by atoms with E-state index >= 15 is 0 Å². The molecule has 0 aliphatic heterocycles. The molecule has 8 aliphatic rings. The zero-order chi connectivity index (χ0) is 110. The van der Waals surface area contributed by atoms with E-state index in [1.54, 1.807) is 0 Å². The van der Waals surface area contributed by atoms with E-state index in [1.165, 1.54) is 20.8 Å². The summed E-state index contributed by atoms with van der Waals surface area (Å²) in [5.74, 6) is -36.7. The fraction of sp³-hybridized carbons (Fsp3) is 0.590. The first-order chi connectivity index (χ1) is 66.3. The van der Waals surface area contributed by atoms with Gasteiger partial charge in [0, 0.05) is 43.9 Å². The number of carbonyl (C=O) groups is 32. The van der Waals surface area contributed by atoms with Crippen molar-refractivity contribution in [3.63, 3.8) is 0 Å². The van der Waals surface area contributed by atoms with Crippen LogP contribution in [0.25, 0.3) is 0 Å². The number of rotatable bonds is 50. The molecule has 0 aromatic heterocycles. The van der Waals surface area contributed by atoms with Gasteiger partial charge in [-0.15, -0.1) is 0 Å². The van der Waals surface area contributed by atoms with Crippen LogP contribution in [0.15, 0.2) is 0 Å². The molecule has 16 N–H and O–H groups in total. The van der Waals surface area contributed by atoms with Gasteiger partial charge in [-0.3, -0.25) is 153 Å². The fourth-order valence-corrected chi connectivity index (χ4v) is 18.5. The molecule has 142 heavy (non-hydrogen) atoms. The molecule has 0 aromatic rings. The maximum absolute atomic E-state index is 11.6. The van der Waals surface area contributed by atoms with Gasteiger partial charge in [-0.1, -0.05) is 0 Å². The van der Waals surface area contributed by atoms with Gasteiger partial charge in [-0.25, -0.2) is 0 Å². The highest BCUT2D eigenvalue weighted by atomic mass is 16.6. The van der Waals surface area contributed by atoms with Crippen LogP contribution in [-0.2, 0) is 229 Å². The van der Waals surface area contributed by atoms with Crippen LogP contribution < -0.4 is 0 Å². The number of hydrogen-bond donors (Lipinski definition) is 16. The highest BCUT2D eigenvalue weighted by molar-refractivity contribution is 5.94. The Kier molecular flexibility index (Phi) is 46.5. The first-order valence-corrected chi connectivity index (χ1v) is 39.5. The summed E-state index contributed by atoms with van der Waals surface area (Å²) in [5.41, 5.74) is -13.0. The van der Waals surface area contributed by atoms with Gasteiger partial charge in [-0.2, -0.15) is 0 Å². The number of ether oxygens (including phenoxy) is 16. The largest absolute Gasteiger partial charge is 0.481 e. The lowest BCUT2D eigenvalue weighted by atomic mass is 9.35. The Morgan fingerprint density at radius 2 is 0.549 bits per heavy atom. The molecule has 0 bridgehead atoms. The van der Waals surface area contributed by atoms with E-state index in [-0.39, 0.29) is 136 Å². The van der Waals surface area contributed by atoms with E-state index in [9.17, 15) is 164 Å². The number of hydrogen-bond acceptors (Lipinski definition) is 48. The van der Waals surface area contributed by atoms with Gasteiger partial charge in [0.1, 0.15) is 99.9 Å². The standard InChI is InChI=1S/C12H16O8.4C10H12O8.2C9H10O8.C8H8O8/c1-9(7(15)16)10(2,8(17)18)12(4,20-6-14)11(9,3)19-5-13;1-9(8(15)16)5(6(13)14)10(2,18-4-12)7(9)17-3-11;11-3-17-7-1-6(10(15)16)5(2-8(13)14)9(7)18-4-12;11-3-17-6-2-7(18-4-12)9(10(15)16)5(6)1-8(13)14;11-3-17-7-1-5(9(13)14)6(10(15)16)2-8(7)18-4-12;1-9(8(14)15)4(7(12)13)5(16-2-10)6(9)17-3-11;10-2-16-5-1-4(8(12)13)6(9(14)15)7(5)17-3-11;9-1-15-5-3(7(11)12)4(8(13)14)6(5)16-2-10/h5-6H,1-4H3,(H,15,16)(H,17,18);3-5,7H,1-2H3,(H,13,14)(H,15,16);2*3-7,9H,1-2H2,(H,13,14)(H,15,16);3-8H,1-2H2,(H,13,14)(H,15,16);2-6H,1H3,(H,12,13)(H,14,15);2-7H,1H2,(H,12,13)(H,14,15);1-6H,(H,11,12)(H,13,14). The maximum atomic E-state index is 11.6. The number of carboxylic acids is 16. The normalized spacial score (nSPS) is 34.1. The third-order valence-electron chi connectivity index (χ3n) is 25.7. The Labute approximate surface area is 790 Å². The predicted molar refractivity (Wildman–Crippen MR) is 418 cm³/mol. The zero-order valence-electron chi connectivity index (χ0n) is 73.9. The number of carboxylic acid groups (broad SMARTS) is 16. The zero-order valence-corrected chi connectivity index (χ0v) is 73.9. The molecule has 8 aliphatic carbocycles. The molecule has 0 aromatic carbocycles. The molecule has 8 rings (SSSR count). The van der Waals surface area contributed by atoms with Crippen molar-refractivity contribution < 1.29 is 311 Å². The summed E-state index contributed by atoms with van der Waals surface area (Å²) in [6.07, 6.45) is -16.3. The fourth-order valence-electron chi connectivity index (χ4n) is 18.5. The Morgan fingerprint density at radius 1 is 0.246 bits per heavy atom. The Hall–Kier alpha value is -17.0. The lowest BCUT2D eigenvalue weighted by Crippen LogP contribution is -2.89. The van der Waals surface area contributed by atoms with Crippen molar-refractivity contribution in [3.8, 4) is 0 Å². The molecule has 0 saturated heterocycles. The molecule has 788 valence electrons. The van der Waals surface area contributed by atoms with Crippen molar-refractivity contribution in [2.75, 3.05) is 0 Å². The van der Waals surface area contributed by atoms with E-state index < -0.39 is 297 Å². The summed E-state index contributed by atoms with van der Waals surface area (Å²) in [6, 6.07) is 0. The highest BCUT2D eigenvalue weighted by Gasteiger charge is 2.91. The summed E-state index contributed by atoms with van der Waals surface area (Å²) in [7, 11) is 0. The van der Waals surface area contributed by atoms with E-state index in [4.69, 9.17) is 81.0 Å². The second-order valence-corrected chi connectivity index (χ2v) is 31.8. The summed E-state index contributed by atoms with van der Waals surface area (Å²) in [4.78, 5) is 341. The molecule has 32 atom stereocenters. The van der Waals surface area contributed by atoms with Crippen LogP contribution in [0.3, 0.4) is 0 Å². The third kappa shape index (κ3) is 25.9. The highest BCUT2D eigenvalue weighted by Crippen LogP contribution is 2.72. The van der Waals surface area contributed by atoms with Crippen LogP contribution in [0.2, 0.25) is 0 Å². The van der Waals surface area contributed by atoms with Crippen LogP contribution in [0.4, 0.5) is 0 Å². The first kappa shape index (κ1) is 123. The van der Waals surface area contributed by atoms with Crippen LogP contribution in [0, 0.1) is 92.7 Å². The van der Waals surface area contributed by atoms with Crippen LogP contribution in [0.1, 0.15) is 93.4 Å². The van der Waals surface area contributed by atoms with Crippen molar-refractivity contribution in [2.24, 2.45) is 92.7 Å². The smallest absolute Gasteiger partial charge is 0.314 e. The molecule has 32 unspecified atom stereocenters. The van der Waals surface area contributed by atoms with Crippen LogP contribution >= 0.6 is 0 Å². The molecule has 0 heterocycles. The van der Waals surface area contributed by atoms with Gasteiger partial charge < -0.3 is 157 Å². The first-order valence-electron chi connectivity index (χ1n) is 39.5. The van der Waals surface area contributed by atoms with Gasteiger partial charge in [0.05, 0.1) is 36.5 Å². The summed E-state index contributed by atoms with van der Waals surface area (Å²) in [5, 5.41) is 144. The monoisotopic (exact) mass is 2050 g/mol. The molecule has 0 radical (unpaired) electrons. The predicted octanol–water partition coefficient (Wildman–Crippen LogP) is -6.66. The summed E-state index contributed by atoms with van der Waals surface area (Å²) >= 11 is 0. The van der Waals surface area contributed by atoms with E-state index in [0.717, 1.165) is 27.7 Å². The number of aliphatic carboxylic acids is 16. The summed E-state index contributed by atoms with van der Waals surface area (Å²) in [6.45, 7) is 8.89. The van der Waals surface area contributed by atoms with Gasteiger partial charge in [0.2, 0.25) is 0 Å². The SMILES string of the molecule is CC1(C(=O)O)C(OC=O)C(OC=O)C1C(=O)O.CC1(OC=O)C(C)(OC=O)C(C)(C(=O)O)C1(C)C(=O)O.CC1(OC=O)C(OC=O)C(C)(C(=O)O)C1C(=O)O.O=COC1C(OC=O)C(C(=O)O)C1C(=O)O.O=COC1CC(C(=O)O)C(C(=O)O)C1OC=O.O=COC1CC(C(=O)O)C(C(=O)O)CC1OC=O.O=COC1CC(C(=O)O)C(CC(=O)O)C1OC=O.O=COC1CC(OC=O)C(C(=O)O)C1CC(=O)O. The minimum atomic E-state index is -1.98. The van der Waals surface area contributed by atoms with E-state index in [1.807, 2.05) is 0 Å². The van der Waals surface area contributed by atoms with E-state index in [2.05, 4.69) is 66.3 Å². The molecule has 64 nitrogen and oxygen atoms in total. The molecule has 64 heteroatoms. The molecule has 0 amide bonds. The van der Waals surface area contributed by atoms with Gasteiger partial charge in [0.25, 0.3) is 104 Å². The Balaban J connectivity index is 0.000000812. The topological polar surface area (TPSA) is 1020 Å². The van der Waals surface area contributed by atoms with Crippen molar-refractivity contribution in [1.29, 1.82) is 0 Å². The van der Waals surface area contributed by atoms with Crippen LogP contribution in [-0.4, -0.2) is 377 Å². The quantitative estimate of drug-likeness (QED) is 0.0199. The minimum Gasteiger partial charge on any atom is -0.481 e. The molecule has 0 spiro atoms. The average Bonchev–Trinajstić information content (AvgIpc) is 0.654. The molecule has 8 saturated carbocycles. The average molecular weight is 2050 g/mol. The molecular formula is C78H92O64. The van der Waals surface area contributed by atoms with Crippen molar-refractivity contribution in [3.05, 3.63) is 0 Å². The van der Waals surface area contributed by atoms with E-state index in [0.29, 0.717) is 0 Å². The van der Waals surface area contributed by atoms with Gasteiger partial charge >= 0.3 is 95.5 Å². The van der Waals surface area contributed by atoms with Crippen molar-refractivity contribution >= 4 is 199 Å². The molecule has 8 fully saturated rings. The maximum Gasteiger partial charge on any atom is 0.314 e. The van der Waals surface area contributed by atoms with Gasteiger partial charge in [0.15, 0.2) is 53.4 Å². The van der Waals surface area contributed by atoms with Crippen molar-refractivity contribution in [1.82, 2.24) is 0 Å². The number of carbonyl (C=O) groups excluding carboxylic acids is 16. The third-order valence-corrected chi connectivity index (χ3v) is 25.7. The van der Waals surface area contributed by atoms with Crippen LogP contribution in [0.5, 0.6) is 0 Å². The molecular weight excluding hydrogens is 1960 g/mol. The van der Waals surface area contributed by atoms with Crippen molar-refractivity contribution in [2.45, 2.75) is 190 Å². The lowest BCUT2D eigenvalue weighted by molar-refractivity contribution is -0.354. The Bertz CT molecular complexity index is 4520. The second-order valence-electron chi connectivity index (χ2n) is 31.8. The van der Waals surface area contributed by atoms with Gasteiger partial charge in [-0.05, 0) is 48.5 Å². The Morgan fingerprint density at radius 3 is 0.859 bits per heavy atom. The summed E-state index contributed by atoms with van der Waals surface area (Å²) < 4.78 is 73.6. The lowest BCUT2D eigenvalue weighted by Gasteiger charge is -2.70. The second kappa shape index (κ2) is 53.7. The minimum absolute atomic E-state index is 0.00146.